The van der Waals surface area contributed by atoms with E-state index in [0.29, 0.717) is 0 Å². The highest BCUT2D eigenvalue weighted by Gasteiger charge is 2.16. The van der Waals surface area contributed by atoms with E-state index in [1.807, 2.05) is 12.4 Å². The fourth-order valence-corrected chi connectivity index (χ4v) is 4.34. The van der Waals surface area contributed by atoms with Crippen LogP contribution in [0.15, 0.2) is 95.5 Å². The van der Waals surface area contributed by atoms with E-state index < -0.39 is 0 Å². The molecule has 0 unspecified atom stereocenters. The Kier molecular flexibility index (Phi) is 3.54. The summed E-state index contributed by atoms with van der Waals surface area (Å²) < 4.78 is 0. The van der Waals surface area contributed by atoms with Gasteiger partial charge in [0.05, 0.1) is 11.4 Å². The second-order valence-corrected chi connectivity index (χ2v) is 7.40. The number of nitrogens with one attached hydrogen (secondary N) is 1. The SMILES string of the molecule is C=C(c1ccc2c(c1)Nc1ccccc1S2)c1cccc2cnccc12. The first-order valence-corrected chi connectivity index (χ1v) is 9.31. The standard InChI is InChI=1S/C23H16N2S/c1-15(18-6-4-5-17-14-24-12-11-19(17)18)16-9-10-23-21(13-16)25-20-7-2-3-8-22(20)26-23/h2-14,25H,1H2. The molecule has 0 spiro atoms. The van der Waals surface area contributed by atoms with Crippen LogP contribution in [0.5, 0.6) is 0 Å². The van der Waals surface area contributed by atoms with Crippen LogP contribution in [0.1, 0.15) is 11.1 Å². The van der Waals surface area contributed by atoms with Gasteiger partial charge in [0.25, 0.3) is 0 Å². The van der Waals surface area contributed by atoms with Crippen molar-refractivity contribution in [3.8, 4) is 0 Å². The summed E-state index contributed by atoms with van der Waals surface area (Å²) in [7, 11) is 0. The largest absolute Gasteiger partial charge is 0.354 e. The maximum Gasteiger partial charge on any atom is 0.0532 e. The van der Waals surface area contributed by atoms with E-state index in [1.54, 1.807) is 11.8 Å². The fourth-order valence-electron chi connectivity index (χ4n) is 3.37. The van der Waals surface area contributed by atoms with Crippen LogP contribution >= 0.6 is 11.8 Å². The van der Waals surface area contributed by atoms with E-state index in [2.05, 4.69) is 83.6 Å². The average Bonchev–Trinajstić information content (AvgIpc) is 2.71. The molecule has 0 aliphatic carbocycles. The van der Waals surface area contributed by atoms with E-state index in [0.717, 1.165) is 33.5 Å². The molecule has 0 radical (unpaired) electrons. The van der Waals surface area contributed by atoms with Crippen LogP contribution in [-0.4, -0.2) is 4.98 Å². The van der Waals surface area contributed by atoms with Gasteiger partial charge in [-0.05, 0) is 52.4 Å². The molecule has 0 amide bonds. The third-order valence-corrected chi connectivity index (χ3v) is 5.86. The van der Waals surface area contributed by atoms with Crippen molar-refractivity contribution in [2.24, 2.45) is 0 Å². The first-order chi connectivity index (χ1) is 12.8. The number of aromatic nitrogens is 1. The molecule has 5 rings (SSSR count). The first-order valence-electron chi connectivity index (χ1n) is 8.50. The molecular weight excluding hydrogens is 336 g/mol. The minimum Gasteiger partial charge on any atom is -0.354 e. The molecule has 3 aromatic carbocycles. The van der Waals surface area contributed by atoms with Gasteiger partial charge in [0.1, 0.15) is 0 Å². The molecule has 26 heavy (non-hydrogen) atoms. The Morgan fingerprint density at radius 2 is 1.77 bits per heavy atom. The van der Waals surface area contributed by atoms with Crippen molar-refractivity contribution in [1.82, 2.24) is 4.98 Å². The van der Waals surface area contributed by atoms with Crippen molar-refractivity contribution < 1.29 is 0 Å². The van der Waals surface area contributed by atoms with Gasteiger partial charge < -0.3 is 5.32 Å². The number of benzene rings is 3. The van der Waals surface area contributed by atoms with E-state index in [1.165, 1.54) is 15.2 Å². The van der Waals surface area contributed by atoms with Crippen LogP contribution in [-0.2, 0) is 0 Å². The highest BCUT2D eigenvalue weighted by atomic mass is 32.2. The first kappa shape index (κ1) is 15.2. The van der Waals surface area contributed by atoms with Gasteiger partial charge in [-0.2, -0.15) is 0 Å². The molecule has 1 N–H and O–H groups in total. The molecule has 1 aliphatic heterocycles. The van der Waals surface area contributed by atoms with E-state index in [4.69, 9.17) is 0 Å². The molecule has 1 aliphatic rings. The summed E-state index contributed by atoms with van der Waals surface area (Å²) in [6.07, 6.45) is 3.73. The van der Waals surface area contributed by atoms with Crippen molar-refractivity contribution in [2.45, 2.75) is 9.79 Å². The van der Waals surface area contributed by atoms with Gasteiger partial charge in [-0.15, -0.1) is 0 Å². The van der Waals surface area contributed by atoms with Crippen LogP contribution in [0.2, 0.25) is 0 Å². The lowest BCUT2D eigenvalue weighted by Crippen LogP contribution is -2.00. The Hall–Kier alpha value is -3.04. The van der Waals surface area contributed by atoms with Crippen LogP contribution in [0.3, 0.4) is 0 Å². The Morgan fingerprint density at radius 1 is 0.885 bits per heavy atom. The second kappa shape index (κ2) is 6.04. The van der Waals surface area contributed by atoms with Crippen LogP contribution in [0.25, 0.3) is 16.3 Å². The third-order valence-electron chi connectivity index (χ3n) is 4.71. The number of anilines is 2. The normalized spacial score (nSPS) is 12.2. The van der Waals surface area contributed by atoms with Gasteiger partial charge in [-0.3, -0.25) is 4.98 Å². The second-order valence-electron chi connectivity index (χ2n) is 6.32. The monoisotopic (exact) mass is 352 g/mol. The zero-order chi connectivity index (χ0) is 17.5. The predicted octanol–water partition coefficient (Wildman–Crippen LogP) is 6.50. The summed E-state index contributed by atoms with van der Waals surface area (Å²) in [4.78, 5) is 6.72. The molecule has 0 bridgehead atoms. The van der Waals surface area contributed by atoms with E-state index in [-0.39, 0.29) is 0 Å². The van der Waals surface area contributed by atoms with Gasteiger partial charge in [0.15, 0.2) is 0 Å². The van der Waals surface area contributed by atoms with Crippen molar-refractivity contribution >= 4 is 39.5 Å². The highest BCUT2D eigenvalue weighted by molar-refractivity contribution is 7.99. The summed E-state index contributed by atoms with van der Waals surface area (Å²) in [6, 6.07) is 23.3. The summed E-state index contributed by atoms with van der Waals surface area (Å²) in [6.45, 7) is 4.38. The zero-order valence-electron chi connectivity index (χ0n) is 14.1. The van der Waals surface area contributed by atoms with Gasteiger partial charge in [-0.25, -0.2) is 0 Å². The molecule has 1 aromatic heterocycles. The predicted molar refractivity (Wildman–Crippen MR) is 110 cm³/mol. The lowest BCUT2D eigenvalue weighted by atomic mass is 9.95. The number of para-hydroxylation sites is 1. The maximum absolute atomic E-state index is 4.38. The third kappa shape index (κ3) is 2.49. The number of pyridine rings is 1. The quantitative estimate of drug-likeness (QED) is 0.392. The number of hydrogen-bond acceptors (Lipinski definition) is 3. The number of nitrogens with zero attached hydrogens (tertiary/aromatic N) is 1. The maximum atomic E-state index is 4.38. The van der Waals surface area contributed by atoms with Crippen molar-refractivity contribution in [2.75, 3.05) is 5.32 Å². The minimum atomic E-state index is 1.02. The molecule has 124 valence electrons. The number of fused-ring (bicyclic) bond motifs is 3. The van der Waals surface area contributed by atoms with E-state index in [9.17, 15) is 0 Å². The van der Waals surface area contributed by atoms with Gasteiger partial charge in [0.2, 0.25) is 0 Å². The topological polar surface area (TPSA) is 24.9 Å². The highest BCUT2D eigenvalue weighted by Crippen LogP contribution is 2.45. The molecule has 0 saturated heterocycles. The van der Waals surface area contributed by atoms with E-state index >= 15 is 0 Å². The number of rotatable bonds is 2. The van der Waals surface area contributed by atoms with Crippen LogP contribution in [0, 0.1) is 0 Å². The molecule has 0 saturated carbocycles. The summed E-state index contributed by atoms with van der Waals surface area (Å²) in [5.41, 5.74) is 5.59. The van der Waals surface area contributed by atoms with Gasteiger partial charge in [0, 0.05) is 27.6 Å². The van der Waals surface area contributed by atoms with Crippen LogP contribution < -0.4 is 5.32 Å². The van der Waals surface area contributed by atoms with Crippen molar-refractivity contribution in [1.29, 1.82) is 0 Å². The Morgan fingerprint density at radius 3 is 2.73 bits per heavy atom. The number of hydrogen-bond donors (Lipinski definition) is 1. The smallest absolute Gasteiger partial charge is 0.0532 e. The molecule has 0 fully saturated rings. The summed E-state index contributed by atoms with van der Waals surface area (Å²) in [5, 5.41) is 5.86. The Balaban J connectivity index is 1.56. The zero-order valence-corrected chi connectivity index (χ0v) is 14.9. The molecule has 3 heteroatoms. The van der Waals surface area contributed by atoms with Gasteiger partial charge >= 0.3 is 0 Å². The molecular formula is C23H16N2S. The summed E-state index contributed by atoms with van der Waals surface area (Å²) >= 11 is 1.80. The molecule has 2 nitrogen and oxygen atoms in total. The Bertz CT molecular complexity index is 1160. The fraction of sp³-hybridized carbons (Fsp3) is 0. The van der Waals surface area contributed by atoms with Crippen molar-refractivity contribution in [3.05, 3.63) is 96.8 Å². The lowest BCUT2D eigenvalue weighted by Gasteiger charge is -2.21. The molecule has 2 heterocycles. The molecule has 4 aromatic rings. The van der Waals surface area contributed by atoms with Crippen molar-refractivity contribution in [3.63, 3.8) is 0 Å². The van der Waals surface area contributed by atoms with Gasteiger partial charge in [-0.1, -0.05) is 54.7 Å². The minimum absolute atomic E-state index is 1.02. The Labute approximate surface area is 156 Å². The summed E-state index contributed by atoms with van der Waals surface area (Å²) in [5.74, 6) is 0. The van der Waals surface area contributed by atoms with Crippen LogP contribution in [0.4, 0.5) is 11.4 Å². The molecule has 0 atom stereocenters. The lowest BCUT2D eigenvalue weighted by molar-refractivity contribution is 1.31. The average molecular weight is 352 g/mol.